The maximum Gasteiger partial charge on any atom is 0.275 e. The second kappa shape index (κ2) is 7.08. The molecule has 2 aromatic heterocycles. The first-order valence-electron chi connectivity index (χ1n) is 11.1. The van der Waals surface area contributed by atoms with E-state index in [9.17, 15) is 4.79 Å². The Labute approximate surface area is 180 Å². The van der Waals surface area contributed by atoms with Crippen molar-refractivity contribution in [1.29, 1.82) is 0 Å². The second-order valence-corrected chi connectivity index (χ2v) is 8.67. The molecule has 0 saturated carbocycles. The van der Waals surface area contributed by atoms with E-state index in [0.29, 0.717) is 5.69 Å². The van der Waals surface area contributed by atoms with E-state index < -0.39 is 0 Å². The number of nitrogens with one attached hydrogen (secondary N) is 1. The van der Waals surface area contributed by atoms with Gasteiger partial charge in [-0.15, -0.1) is 0 Å². The molecule has 3 heterocycles. The van der Waals surface area contributed by atoms with Gasteiger partial charge in [-0.2, -0.15) is 5.10 Å². The van der Waals surface area contributed by atoms with Gasteiger partial charge in [0.1, 0.15) is 5.82 Å². The van der Waals surface area contributed by atoms with Crippen LogP contribution in [-0.2, 0) is 12.8 Å². The highest BCUT2D eigenvalue weighted by molar-refractivity contribution is 5.95. The number of imidazole rings is 1. The SMILES string of the molecule is Cc1ccc2nc([C@H]3CCCN3C(=O)c3nn(-c4ccccc4)c4c3CCC4)[nH]c2c1. The largest absolute Gasteiger partial charge is 0.340 e. The molecule has 0 bridgehead atoms. The average Bonchev–Trinajstić information content (AvgIpc) is 3.56. The van der Waals surface area contributed by atoms with Gasteiger partial charge >= 0.3 is 0 Å². The summed E-state index contributed by atoms with van der Waals surface area (Å²) in [5.74, 6) is 0.914. The predicted molar refractivity (Wildman–Crippen MR) is 119 cm³/mol. The summed E-state index contributed by atoms with van der Waals surface area (Å²) in [5, 5.41) is 4.82. The molecule has 6 heteroatoms. The fourth-order valence-corrected chi connectivity index (χ4v) is 5.12. The van der Waals surface area contributed by atoms with Crippen LogP contribution in [0.2, 0.25) is 0 Å². The fraction of sp³-hybridized carbons (Fsp3) is 0.320. The quantitative estimate of drug-likeness (QED) is 0.539. The lowest BCUT2D eigenvalue weighted by molar-refractivity contribution is 0.0723. The first-order valence-corrected chi connectivity index (χ1v) is 11.1. The number of carbonyl (C=O) groups is 1. The summed E-state index contributed by atoms with van der Waals surface area (Å²) in [7, 11) is 0. The minimum Gasteiger partial charge on any atom is -0.340 e. The number of rotatable bonds is 3. The van der Waals surface area contributed by atoms with Gasteiger partial charge in [0.15, 0.2) is 5.69 Å². The Bertz CT molecular complexity index is 1290. The van der Waals surface area contributed by atoms with E-state index in [1.807, 2.05) is 33.8 Å². The molecule has 1 aliphatic carbocycles. The number of aryl methyl sites for hydroxylation is 1. The number of H-pyrrole nitrogens is 1. The smallest absolute Gasteiger partial charge is 0.275 e. The van der Waals surface area contributed by atoms with Crippen LogP contribution in [0.1, 0.15) is 58.4 Å². The minimum absolute atomic E-state index is 0.0286. The summed E-state index contributed by atoms with van der Waals surface area (Å²) < 4.78 is 1.98. The topological polar surface area (TPSA) is 66.8 Å². The van der Waals surface area contributed by atoms with E-state index in [4.69, 9.17) is 10.1 Å². The summed E-state index contributed by atoms with van der Waals surface area (Å²) in [4.78, 5) is 24.0. The second-order valence-electron chi connectivity index (χ2n) is 8.67. The standard InChI is InChI=1S/C25H25N5O/c1-16-12-13-19-20(15-16)27-24(26-19)22-11-6-14-29(22)25(31)23-18-9-5-10-21(18)30(28-23)17-7-3-2-4-8-17/h2-4,7-8,12-13,15,22H,5-6,9-11,14H2,1H3,(H,26,27)/t22-/m1/s1. The van der Waals surface area contributed by atoms with Crippen LogP contribution in [0.4, 0.5) is 0 Å². The van der Waals surface area contributed by atoms with Crippen molar-refractivity contribution in [3.05, 3.63) is 76.9 Å². The van der Waals surface area contributed by atoms with Crippen LogP contribution in [0.25, 0.3) is 16.7 Å². The summed E-state index contributed by atoms with van der Waals surface area (Å²) in [6.07, 6.45) is 4.87. The maximum atomic E-state index is 13.7. The Morgan fingerprint density at radius 3 is 2.84 bits per heavy atom. The van der Waals surface area contributed by atoms with Crippen LogP contribution in [0, 0.1) is 6.92 Å². The van der Waals surface area contributed by atoms with Gasteiger partial charge in [-0.1, -0.05) is 24.3 Å². The number of aromatic nitrogens is 4. The molecule has 4 aromatic rings. The molecule has 31 heavy (non-hydrogen) atoms. The number of fused-ring (bicyclic) bond motifs is 2. The molecule has 0 unspecified atom stereocenters. The number of hydrogen-bond donors (Lipinski definition) is 1. The third-order valence-electron chi connectivity index (χ3n) is 6.62. The molecule has 6 rings (SSSR count). The number of para-hydroxylation sites is 1. The van der Waals surface area contributed by atoms with Gasteiger partial charge < -0.3 is 9.88 Å². The zero-order valence-electron chi connectivity index (χ0n) is 17.6. The molecule has 1 fully saturated rings. The Kier molecular flexibility index (Phi) is 4.19. The lowest BCUT2D eigenvalue weighted by Crippen LogP contribution is -2.32. The first-order chi connectivity index (χ1) is 15.2. The van der Waals surface area contributed by atoms with Crippen molar-refractivity contribution in [2.24, 2.45) is 0 Å². The van der Waals surface area contributed by atoms with Crippen LogP contribution < -0.4 is 0 Å². The van der Waals surface area contributed by atoms with Crippen molar-refractivity contribution in [3.63, 3.8) is 0 Å². The molecule has 1 atom stereocenters. The molecule has 2 aliphatic rings. The molecule has 0 spiro atoms. The zero-order valence-corrected chi connectivity index (χ0v) is 17.6. The highest BCUT2D eigenvalue weighted by Crippen LogP contribution is 2.35. The van der Waals surface area contributed by atoms with E-state index in [0.717, 1.165) is 66.8 Å². The lowest BCUT2D eigenvalue weighted by Gasteiger charge is -2.22. The molecule has 1 saturated heterocycles. The highest BCUT2D eigenvalue weighted by atomic mass is 16.2. The number of benzene rings is 2. The van der Waals surface area contributed by atoms with Crippen molar-refractivity contribution in [2.45, 2.75) is 45.1 Å². The Morgan fingerprint density at radius 1 is 1.10 bits per heavy atom. The minimum atomic E-state index is -0.0286. The van der Waals surface area contributed by atoms with Crippen molar-refractivity contribution < 1.29 is 4.79 Å². The van der Waals surface area contributed by atoms with Gasteiger partial charge in [-0.3, -0.25) is 4.79 Å². The number of likely N-dealkylation sites (tertiary alicyclic amines) is 1. The molecular formula is C25H25N5O. The van der Waals surface area contributed by atoms with Crippen LogP contribution in [0.15, 0.2) is 48.5 Å². The Morgan fingerprint density at radius 2 is 1.97 bits per heavy atom. The highest BCUT2D eigenvalue weighted by Gasteiger charge is 2.36. The van der Waals surface area contributed by atoms with E-state index in [2.05, 4.69) is 36.2 Å². The third kappa shape index (κ3) is 2.97. The summed E-state index contributed by atoms with van der Waals surface area (Å²) in [6, 6.07) is 16.3. The number of aromatic amines is 1. The van der Waals surface area contributed by atoms with Gasteiger partial charge in [0, 0.05) is 17.8 Å². The monoisotopic (exact) mass is 411 g/mol. The molecule has 6 nitrogen and oxygen atoms in total. The van der Waals surface area contributed by atoms with Crippen molar-refractivity contribution in [2.75, 3.05) is 6.54 Å². The van der Waals surface area contributed by atoms with Crippen LogP contribution >= 0.6 is 0 Å². The van der Waals surface area contributed by atoms with Crippen molar-refractivity contribution in [3.8, 4) is 5.69 Å². The van der Waals surface area contributed by atoms with E-state index >= 15 is 0 Å². The average molecular weight is 412 g/mol. The molecule has 0 radical (unpaired) electrons. The van der Waals surface area contributed by atoms with Crippen LogP contribution in [-0.4, -0.2) is 37.1 Å². The normalized spacial score (nSPS) is 18.1. The van der Waals surface area contributed by atoms with Crippen LogP contribution in [0.3, 0.4) is 0 Å². The van der Waals surface area contributed by atoms with E-state index in [-0.39, 0.29) is 11.9 Å². The number of amides is 1. The predicted octanol–water partition coefficient (Wildman–Crippen LogP) is 4.52. The first kappa shape index (κ1) is 18.4. The van der Waals surface area contributed by atoms with E-state index in [1.54, 1.807) is 0 Å². The van der Waals surface area contributed by atoms with Gasteiger partial charge in [-0.05, 0) is 68.9 Å². The number of hydrogen-bond acceptors (Lipinski definition) is 3. The van der Waals surface area contributed by atoms with Crippen LogP contribution in [0.5, 0.6) is 0 Å². The molecular weight excluding hydrogens is 386 g/mol. The summed E-state index contributed by atoms with van der Waals surface area (Å²) in [6.45, 7) is 2.82. The molecule has 2 aromatic carbocycles. The zero-order chi connectivity index (χ0) is 20.9. The fourth-order valence-electron chi connectivity index (χ4n) is 5.12. The van der Waals surface area contributed by atoms with E-state index in [1.165, 1.54) is 11.3 Å². The summed E-state index contributed by atoms with van der Waals surface area (Å²) >= 11 is 0. The lowest BCUT2D eigenvalue weighted by atomic mass is 10.1. The summed E-state index contributed by atoms with van der Waals surface area (Å²) in [5.41, 5.74) is 7.13. The van der Waals surface area contributed by atoms with Crippen molar-refractivity contribution >= 4 is 16.9 Å². The van der Waals surface area contributed by atoms with Gasteiger partial charge in [0.25, 0.3) is 5.91 Å². The third-order valence-corrected chi connectivity index (χ3v) is 6.62. The van der Waals surface area contributed by atoms with Gasteiger partial charge in [0.2, 0.25) is 0 Å². The Hall–Kier alpha value is -3.41. The number of nitrogens with zero attached hydrogens (tertiary/aromatic N) is 4. The van der Waals surface area contributed by atoms with Gasteiger partial charge in [0.05, 0.1) is 22.8 Å². The molecule has 156 valence electrons. The maximum absolute atomic E-state index is 13.7. The molecule has 1 amide bonds. The van der Waals surface area contributed by atoms with Gasteiger partial charge in [-0.25, -0.2) is 9.67 Å². The Balaban J connectivity index is 1.37. The molecule has 1 N–H and O–H groups in total. The molecule has 1 aliphatic heterocycles. The van der Waals surface area contributed by atoms with Crippen molar-refractivity contribution in [1.82, 2.24) is 24.6 Å². The number of carbonyl (C=O) groups excluding carboxylic acids is 1.